The Bertz CT molecular complexity index is 350. The number of carbonyl (C=O) groups is 1. The molecule has 0 heterocycles. The minimum atomic E-state index is -0.393. The van der Waals surface area contributed by atoms with Gasteiger partial charge in [0.05, 0.1) is 12.7 Å². The lowest BCUT2D eigenvalue weighted by atomic mass is 10.1. The van der Waals surface area contributed by atoms with Crippen molar-refractivity contribution in [3.8, 4) is 0 Å². The number of aryl methyl sites for hydroxylation is 1. The zero-order valence-corrected chi connectivity index (χ0v) is 9.58. The van der Waals surface area contributed by atoms with Crippen LogP contribution in [0.15, 0.2) is 12.1 Å². The highest BCUT2D eigenvalue weighted by Gasteiger charge is 2.11. The van der Waals surface area contributed by atoms with E-state index in [1.807, 2.05) is 6.92 Å². The smallest absolute Gasteiger partial charge is 0.339 e. The van der Waals surface area contributed by atoms with Gasteiger partial charge in [-0.2, -0.15) is 0 Å². The van der Waals surface area contributed by atoms with Crippen molar-refractivity contribution in [1.82, 2.24) is 0 Å². The van der Waals surface area contributed by atoms with Crippen molar-refractivity contribution in [3.63, 3.8) is 0 Å². The minimum absolute atomic E-state index is 0.393. The SMILES string of the molecule is COC(=O)c1cc(I)c(C)cc1N. The van der Waals surface area contributed by atoms with Crippen LogP contribution in [0.5, 0.6) is 0 Å². The Morgan fingerprint density at radius 3 is 2.69 bits per heavy atom. The Kier molecular flexibility index (Phi) is 3.13. The number of rotatable bonds is 1. The van der Waals surface area contributed by atoms with Gasteiger partial charge in [0.2, 0.25) is 0 Å². The van der Waals surface area contributed by atoms with Crippen LogP contribution in [0, 0.1) is 10.5 Å². The molecule has 4 heteroatoms. The maximum Gasteiger partial charge on any atom is 0.339 e. The van der Waals surface area contributed by atoms with Crippen molar-refractivity contribution in [2.24, 2.45) is 0 Å². The Labute approximate surface area is 90.4 Å². The number of nitrogen functional groups attached to an aromatic ring is 1. The average molecular weight is 291 g/mol. The fourth-order valence-corrected chi connectivity index (χ4v) is 1.46. The maximum atomic E-state index is 11.2. The number of anilines is 1. The van der Waals surface area contributed by atoms with E-state index < -0.39 is 5.97 Å². The third-order valence-corrected chi connectivity index (χ3v) is 2.90. The first-order valence-corrected chi connectivity index (χ1v) is 4.78. The predicted octanol–water partition coefficient (Wildman–Crippen LogP) is 1.97. The monoisotopic (exact) mass is 291 g/mol. The van der Waals surface area contributed by atoms with Crippen LogP contribution in [-0.4, -0.2) is 13.1 Å². The largest absolute Gasteiger partial charge is 0.465 e. The van der Waals surface area contributed by atoms with Crippen LogP contribution in [0.1, 0.15) is 15.9 Å². The second-order valence-electron chi connectivity index (χ2n) is 2.68. The van der Waals surface area contributed by atoms with Gasteiger partial charge in [0, 0.05) is 9.26 Å². The number of carbonyl (C=O) groups excluding carboxylic acids is 1. The number of halogens is 1. The van der Waals surface area contributed by atoms with Gasteiger partial charge in [-0.25, -0.2) is 4.79 Å². The summed E-state index contributed by atoms with van der Waals surface area (Å²) in [5.41, 5.74) is 7.61. The van der Waals surface area contributed by atoms with Gasteiger partial charge in [-0.1, -0.05) is 0 Å². The molecule has 0 saturated carbocycles. The average Bonchev–Trinajstić information content (AvgIpc) is 2.10. The summed E-state index contributed by atoms with van der Waals surface area (Å²) in [4.78, 5) is 11.2. The zero-order valence-electron chi connectivity index (χ0n) is 7.43. The van der Waals surface area contributed by atoms with E-state index in [1.165, 1.54) is 7.11 Å². The van der Waals surface area contributed by atoms with E-state index in [-0.39, 0.29) is 0 Å². The van der Waals surface area contributed by atoms with Gasteiger partial charge < -0.3 is 10.5 Å². The Morgan fingerprint density at radius 2 is 2.15 bits per heavy atom. The highest BCUT2D eigenvalue weighted by atomic mass is 127. The summed E-state index contributed by atoms with van der Waals surface area (Å²) in [5.74, 6) is -0.393. The number of hydrogen-bond donors (Lipinski definition) is 1. The van der Waals surface area contributed by atoms with E-state index in [4.69, 9.17) is 5.73 Å². The van der Waals surface area contributed by atoms with E-state index in [2.05, 4.69) is 27.3 Å². The fraction of sp³-hybridized carbons (Fsp3) is 0.222. The van der Waals surface area contributed by atoms with E-state index >= 15 is 0 Å². The van der Waals surface area contributed by atoms with Crippen LogP contribution in [0.3, 0.4) is 0 Å². The Morgan fingerprint density at radius 1 is 1.54 bits per heavy atom. The van der Waals surface area contributed by atoms with Crippen LogP contribution in [0.4, 0.5) is 5.69 Å². The van der Waals surface area contributed by atoms with Gasteiger partial charge in [0.25, 0.3) is 0 Å². The van der Waals surface area contributed by atoms with E-state index in [9.17, 15) is 4.79 Å². The first-order chi connectivity index (χ1) is 6.06. The molecule has 1 aromatic carbocycles. The van der Waals surface area contributed by atoms with Crippen molar-refractivity contribution in [2.45, 2.75) is 6.92 Å². The van der Waals surface area contributed by atoms with Gasteiger partial charge in [-0.15, -0.1) is 0 Å². The van der Waals surface area contributed by atoms with Gasteiger partial charge in [0.1, 0.15) is 0 Å². The lowest BCUT2D eigenvalue weighted by molar-refractivity contribution is 0.0602. The molecular formula is C9H10INO2. The molecule has 13 heavy (non-hydrogen) atoms. The molecule has 1 rings (SSSR count). The van der Waals surface area contributed by atoms with Gasteiger partial charge >= 0.3 is 5.97 Å². The lowest BCUT2D eigenvalue weighted by Crippen LogP contribution is -2.06. The molecule has 3 nitrogen and oxygen atoms in total. The number of esters is 1. The summed E-state index contributed by atoms with van der Waals surface area (Å²) < 4.78 is 5.60. The summed E-state index contributed by atoms with van der Waals surface area (Å²) in [6.45, 7) is 1.94. The van der Waals surface area contributed by atoms with Gasteiger partial charge in [-0.3, -0.25) is 0 Å². The van der Waals surface area contributed by atoms with Crippen LogP contribution in [-0.2, 0) is 4.74 Å². The highest BCUT2D eigenvalue weighted by Crippen LogP contribution is 2.20. The van der Waals surface area contributed by atoms with Crippen LogP contribution < -0.4 is 5.73 Å². The zero-order chi connectivity index (χ0) is 10.0. The van der Waals surface area contributed by atoms with Crippen molar-refractivity contribution in [1.29, 1.82) is 0 Å². The van der Waals surface area contributed by atoms with Gasteiger partial charge in [0.15, 0.2) is 0 Å². The standard InChI is InChI=1S/C9H10INO2/c1-5-3-8(11)6(4-7(5)10)9(12)13-2/h3-4H,11H2,1-2H3. The quantitative estimate of drug-likeness (QED) is 0.489. The molecule has 0 spiro atoms. The molecule has 0 aliphatic carbocycles. The fourth-order valence-electron chi connectivity index (χ4n) is 0.991. The summed E-state index contributed by atoms with van der Waals surface area (Å²) in [6, 6.07) is 3.51. The number of nitrogens with two attached hydrogens (primary N) is 1. The third kappa shape index (κ3) is 2.12. The Hall–Kier alpha value is -0.780. The van der Waals surface area contributed by atoms with Crippen LogP contribution in [0.2, 0.25) is 0 Å². The molecule has 0 radical (unpaired) electrons. The second kappa shape index (κ2) is 3.95. The van der Waals surface area contributed by atoms with Crippen LogP contribution in [0.25, 0.3) is 0 Å². The normalized spacial score (nSPS) is 9.77. The summed E-state index contributed by atoms with van der Waals surface area (Å²) >= 11 is 2.15. The third-order valence-electron chi connectivity index (χ3n) is 1.74. The van der Waals surface area contributed by atoms with Crippen LogP contribution >= 0.6 is 22.6 Å². The molecule has 0 atom stereocenters. The van der Waals surface area contributed by atoms with E-state index in [0.29, 0.717) is 11.3 Å². The molecule has 2 N–H and O–H groups in total. The van der Waals surface area contributed by atoms with E-state index in [1.54, 1.807) is 12.1 Å². The van der Waals surface area contributed by atoms with Crippen molar-refractivity contribution in [3.05, 3.63) is 26.8 Å². The summed E-state index contributed by atoms with van der Waals surface area (Å²) in [5, 5.41) is 0. The van der Waals surface area contributed by atoms with Crippen molar-refractivity contribution < 1.29 is 9.53 Å². The van der Waals surface area contributed by atoms with Gasteiger partial charge in [-0.05, 0) is 47.2 Å². The molecule has 70 valence electrons. The molecule has 0 fully saturated rings. The second-order valence-corrected chi connectivity index (χ2v) is 3.84. The molecule has 0 unspecified atom stereocenters. The number of methoxy groups -OCH3 is 1. The first-order valence-electron chi connectivity index (χ1n) is 3.70. The molecule has 0 aromatic heterocycles. The number of benzene rings is 1. The molecular weight excluding hydrogens is 281 g/mol. The highest BCUT2D eigenvalue weighted by molar-refractivity contribution is 14.1. The van der Waals surface area contributed by atoms with Crippen molar-refractivity contribution >= 4 is 34.2 Å². The molecule has 0 saturated heterocycles. The lowest BCUT2D eigenvalue weighted by Gasteiger charge is -2.06. The van der Waals surface area contributed by atoms with Crippen molar-refractivity contribution in [2.75, 3.05) is 12.8 Å². The number of hydrogen-bond acceptors (Lipinski definition) is 3. The topological polar surface area (TPSA) is 52.3 Å². The van der Waals surface area contributed by atoms with E-state index in [0.717, 1.165) is 9.13 Å². The molecule has 0 aliphatic rings. The molecule has 0 bridgehead atoms. The maximum absolute atomic E-state index is 11.2. The summed E-state index contributed by atoms with van der Waals surface area (Å²) in [7, 11) is 1.34. The minimum Gasteiger partial charge on any atom is -0.465 e. The predicted molar refractivity (Wildman–Crippen MR) is 59.6 cm³/mol. The summed E-state index contributed by atoms with van der Waals surface area (Å²) in [6.07, 6.45) is 0. The molecule has 1 aromatic rings. The molecule has 0 aliphatic heterocycles. The first kappa shape index (κ1) is 10.3. The Balaban J connectivity index is 3.23. The number of ether oxygens (including phenoxy) is 1. The molecule has 0 amide bonds.